The van der Waals surface area contributed by atoms with Crippen LogP contribution < -0.4 is 5.73 Å². The van der Waals surface area contributed by atoms with Crippen molar-refractivity contribution in [2.75, 3.05) is 6.61 Å². The largest absolute Gasteiger partial charge is 0.449 e. The van der Waals surface area contributed by atoms with Gasteiger partial charge in [0.2, 0.25) is 5.78 Å². The van der Waals surface area contributed by atoms with E-state index in [-0.39, 0.29) is 19.1 Å². The van der Waals surface area contributed by atoms with E-state index >= 15 is 0 Å². The second-order valence-corrected chi connectivity index (χ2v) is 9.09. The fourth-order valence-electron chi connectivity index (χ4n) is 3.32. The minimum absolute atomic E-state index is 0.150. The van der Waals surface area contributed by atoms with Crippen molar-refractivity contribution in [1.82, 2.24) is 0 Å². The molecule has 1 aromatic heterocycles. The van der Waals surface area contributed by atoms with Gasteiger partial charge in [0.05, 0.1) is 6.61 Å². The summed E-state index contributed by atoms with van der Waals surface area (Å²) in [5.74, 6) is -1.91. The van der Waals surface area contributed by atoms with Crippen molar-refractivity contribution >= 4 is 29.0 Å². The zero-order valence-corrected chi connectivity index (χ0v) is 18.6. The molecule has 7 nitrogen and oxygen atoms in total. The van der Waals surface area contributed by atoms with Gasteiger partial charge in [0.15, 0.2) is 17.8 Å². The molecule has 1 saturated heterocycles. The van der Waals surface area contributed by atoms with Gasteiger partial charge in [0.25, 0.3) is 5.91 Å². The molecule has 2 aromatic rings. The molecule has 166 valence electrons. The molecule has 0 spiro atoms. The molecule has 1 fully saturated rings. The number of hydrogen-bond donors (Lipinski definition) is 1. The first-order valence-corrected chi connectivity index (χ1v) is 11.0. The number of Topliss-reactive ketones (excluding diaryl/α,β-unsaturated/α-hetero) is 1. The highest BCUT2D eigenvalue weighted by molar-refractivity contribution is 7.13. The lowest BCUT2D eigenvalue weighted by molar-refractivity contribution is -0.176. The van der Waals surface area contributed by atoms with Crippen LogP contribution in [-0.4, -0.2) is 42.1 Å². The number of ketones is 1. The number of rotatable bonds is 9. The van der Waals surface area contributed by atoms with Crippen molar-refractivity contribution in [1.29, 1.82) is 0 Å². The quantitative estimate of drug-likeness (QED) is 0.595. The number of ether oxygens (including phenoxy) is 3. The Bertz CT molecular complexity index is 924. The van der Waals surface area contributed by atoms with E-state index in [1.54, 1.807) is 11.3 Å². The molecule has 1 aliphatic rings. The molecule has 1 aliphatic heterocycles. The van der Waals surface area contributed by atoms with Crippen LogP contribution in [0.2, 0.25) is 0 Å². The number of thiophene rings is 1. The molecule has 2 heterocycles. The Labute approximate surface area is 185 Å². The van der Waals surface area contributed by atoms with Crippen molar-refractivity contribution < 1.29 is 28.6 Å². The standard InChI is InChI=1S/C23H27NO6S/c1-14(2)11-18(21(26)30-20-17(25)13-29-23(20,3)22(24)27)28-12-15-6-8-16(9-7-15)19-5-4-10-31-19/h4-10,14,18,20H,11-13H2,1-3H3,(H2,24,27). The van der Waals surface area contributed by atoms with Gasteiger partial charge in [-0.2, -0.15) is 0 Å². The summed E-state index contributed by atoms with van der Waals surface area (Å²) < 4.78 is 16.5. The van der Waals surface area contributed by atoms with Gasteiger partial charge in [-0.1, -0.05) is 44.2 Å². The first kappa shape index (κ1) is 23.1. The van der Waals surface area contributed by atoms with Crippen molar-refractivity contribution in [3.63, 3.8) is 0 Å². The minimum Gasteiger partial charge on any atom is -0.449 e. The summed E-state index contributed by atoms with van der Waals surface area (Å²) in [5, 5.41) is 2.03. The molecule has 8 heteroatoms. The summed E-state index contributed by atoms with van der Waals surface area (Å²) in [6, 6.07) is 12.0. The first-order chi connectivity index (χ1) is 14.7. The van der Waals surface area contributed by atoms with Gasteiger partial charge < -0.3 is 19.9 Å². The van der Waals surface area contributed by atoms with E-state index in [0.717, 1.165) is 11.1 Å². The average Bonchev–Trinajstić information content (AvgIpc) is 3.36. The lowest BCUT2D eigenvalue weighted by atomic mass is 9.97. The summed E-state index contributed by atoms with van der Waals surface area (Å²) in [6.45, 7) is 5.14. The average molecular weight is 446 g/mol. The van der Waals surface area contributed by atoms with E-state index in [9.17, 15) is 14.4 Å². The monoisotopic (exact) mass is 445 g/mol. The molecule has 1 aromatic carbocycles. The van der Waals surface area contributed by atoms with Crippen molar-refractivity contribution in [3.8, 4) is 10.4 Å². The Morgan fingerprint density at radius 2 is 1.97 bits per heavy atom. The van der Waals surface area contributed by atoms with Crippen LogP contribution in [0.15, 0.2) is 41.8 Å². The Morgan fingerprint density at radius 1 is 1.26 bits per heavy atom. The summed E-state index contributed by atoms with van der Waals surface area (Å²) in [5.41, 5.74) is 5.71. The van der Waals surface area contributed by atoms with Crippen molar-refractivity contribution in [3.05, 3.63) is 47.3 Å². The van der Waals surface area contributed by atoms with Crippen LogP contribution in [0.25, 0.3) is 10.4 Å². The van der Waals surface area contributed by atoms with E-state index in [0.29, 0.717) is 6.42 Å². The summed E-state index contributed by atoms with van der Waals surface area (Å²) in [6.07, 6.45) is -1.86. The zero-order chi connectivity index (χ0) is 22.6. The Kier molecular flexibility index (Phi) is 7.25. The number of nitrogens with two attached hydrogens (primary N) is 1. The van der Waals surface area contributed by atoms with Gasteiger partial charge in [0.1, 0.15) is 6.61 Å². The lowest BCUT2D eigenvalue weighted by Crippen LogP contribution is -2.52. The molecule has 2 N–H and O–H groups in total. The van der Waals surface area contributed by atoms with Crippen molar-refractivity contribution in [2.45, 2.75) is 51.6 Å². The number of carbonyl (C=O) groups excluding carboxylic acids is 3. The smallest absolute Gasteiger partial charge is 0.336 e. The highest BCUT2D eigenvalue weighted by Crippen LogP contribution is 2.28. The summed E-state index contributed by atoms with van der Waals surface area (Å²) in [4.78, 5) is 37.9. The van der Waals surface area contributed by atoms with E-state index in [1.807, 2.05) is 49.6 Å². The van der Waals surface area contributed by atoms with Crippen LogP contribution in [0, 0.1) is 5.92 Å². The number of benzene rings is 1. The molecule has 3 unspecified atom stereocenters. The normalized spacial score (nSPS) is 21.9. The molecule has 0 saturated carbocycles. The predicted octanol–water partition coefficient (Wildman–Crippen LogP) is 3.10. The molecule has 0 aliphatic carbocycles. The number of esters is 1. The minimum atomic E-state index is -1.67. The highest BCUT2D eigenvalue weighted by Gasteiger charge is 2.53. The van der Waals surface area contributed by atoms with Gasteiger partial charge in [-0.3, -0.25) is 9.59 Å². The summed E-state index contributed by atoms with van der Waals surface area (Å²) in [7, 11) is 0. The maximum absolute atomic E-state index is 12.8. The highest BCUT2D eigenvalue weighted by atomic mass is 32.1. The lowest BCUT2D eigenvalue weighted by Gasteiger charge is -2.27. The Balaban J connectivity index is 1.66. The van der Waals surface area contributed by atoms with Crippen LogP contribution >= 0.6 is 11.3 Å². The van der Waals surface area contributed by atoms with Gasteiger partial charge in [-0.05, 0) is 41.8 Å². The topological polar surface area (TPSA) is 105 Å². The maximum atomic E-state index is 12.8. The number of hydrogen-bond acceptors (Lipinski definition) is 7. The molecule has 1 amide bonds. The number of carbonyl (C=O) groups is 3. The van der Waals surface area contributed by atoms with E-state index in [1.165, 1.54) is 11.8 Å². The molecule has 31 heavy (non-hydrogen) atoms. The van der Waals surface area contributed by atoms with Crippen LogP contribution in [0.5, 0.6) is 0 Å². The van der Waals surface area contributed by atoms with Gasteiger partial charge in [-0.25, -0.2) is 4.79 Å². The van der Waals surface area contributed by atoms with E-state index < -0.39 is 35.5 Å². The third-order valence-corrected chi connectivity index (χ3v) is 6.11. The number of primary amides is 1. The maximum Gasteiger partial charge on any atom is 0.336 e. The second kappa shape index (κ2) is 9.72. The Hall–Kier alpha value is -2.55. The fourth-order valence-corrected chi connectivity index (χ4v) is 4.05. The van der Waals surface area contributed by atoms with Crippen LogP contribution in [0.4, 0.5) is 0 Å². The fraction of sp³-hybridized carbons (Fsp3) is 0.435. The zero-order valence-electron chi connectivity index (χ0n) is 17.8. The van der Waals surface area contributed by atoms with Crippen LogP contribution in [-0.2, 0) is 35.2 Å². The first-order valence-electron chi connectivity index (χ1n) is 10.1. The number of amides is 1. The molecule has 0 bridgehead atoms. The third kappa shape index (κ3) is 5.39. The van der Waals surface area contributed by atoms with Gasteiger partial charge >= 0.3 is 5.97 Å². The van der Waals surface area contributed by atoms with E-state index in [4.69, 9.17) is 19.9 Å². The van der Waals surface area contributed by atoms with Gasteiger partial charge in [0, 0.05) is 4.88 Å². The van der Waals surface area contributed by atoms with Gasteiger partial charge in [-0.15, -0.1) is 11.3 Å². The third-order valence-electron chi connectivity index (χ3n) is 5.19. The molecule has 3 rings (SSSR count). The SMILES string of the molecule is CC(C)CC(OCc1ccc(-c2cccs2)cc1)C(=O)OC1C(=O)COC1(C)C(N)=O. The van der Waals surface area contributed by atoms with E-state index in [2.05, 4.69) is 6.07 Å². The summed E-state index contributed by atoms with van der Waals surface area (Å²) >= 11 is 1.66. The van der Waals surface area contributed by atoms with Crippen LogP contribution in [0.3, 0.4) is 0 Å². The Morgan fingerprint density at radius 3 is 2.55 bits per heavy atom. The molecular weight excluding hydrogens is 418 g/mol. The molecule has 0 radical (unpaired) electrons. The second-order valence-electron chi connectivity index (χ2n) is 8.15. The molecular formula is C23H27NO6S. The molecule has 3 atom stereocenters. The van der Waals surface area contributed by atoms with Crippen molar-refractivity contribution in [2.24, 2.45) is 11.7 Å². The predicted molar refractivity (Wildman–Crippen MR) is 116 cm³/mol. The van der Waals surface area contributed by atoms with Crippen LogP contribution in [0.1, 0.15) is 32.8 Å².